The van der Waals surface area contributed by atoms with Gasteiger partial charge < -0.3 is 21.1 Å². The van der Waals surface area contributed by atoms with E-state index >= 15 is 0 Å². The van der Waals surface area contributed by atoms with Crippen molar-refractivity contribution in [3.63, 3.8) is 0 Å². The summed E-state index contributed by atoms with van der Waals surface area (Å²) >= 11 is 0. The van der Waals surface area contributed by atoms with E-state index < -0.39 is 41.1 Å². The quantitative estimate of drug-likeness (QED) is 0.587. The van der Waals surface area contributed by atoms with Crippen LogP contribution in [0.15, 0.2) is 23.7 Å². The number of nitrogens with one attached hydrogen (secondary N) is 2. The third-order valence-electron chi connectivity index (χ3n) is 3.80. The molecule has 0 aromatic heterocycles. The molecular formula is C12H12FN3O4. The van der Waals surface area contributed by atoms with E-state index in [1.54, 1.807) is 0 Å². The molecular weight excluding hydrogens is 269 g/mol. The summed E-state index contributed by atoms with van der Waals surface area (Å²) in [5.74, 6) is -3.21. The first kappa shape index (κ1) is 12.6. The second-order valence-corrected chi connectivity index (χ2v) is 5.06. The average Bonchev–Trinajstić information content (AvgIpc) is 2.75. The summed E-state index contributed by atoms with van der Waals surface area (Å²) in [7, 11) is 0. The van der Waals surface area contributed by atoms with Crippen molar-refractivity contribution in [2.75, 3.05) is 6.54 Å². The van der Waals surface area contributed by atoms with Crippen LogP contribution in [0.1, 0.15) is 6.42 Å². The van der Waals surface area contributed by atoms with Crippen molar-refractivity contribution < 1.29 is 23.5 Å². The highest BCUT2D eigenvalue weighted by molar-refractivity contribution is 6.00. The highest BCUT2D eigenvalue weighted by Gasteiger charge is 2.57. The van der Waals surface area contributed by atoms with Crippen LogP contribution in [-0.4, -0.2) is 35.9 Å². The van der Waals surface area contributed by atoms with Crippen molar-refractivity contribution in [2.24, 2.45) is 11.7 Å². The highest BCUT2D eigenvalue weighted by Crippen LogP contribution is 2.41. The molecule has 0 saturated carbocycles. The second-order valence-electron chi connectivity index (χ2n) is 5.06. The molecule has 0 radical (unpaired) electrons. The molecule has 3 amide bonds. The van der Waals surface area contributed by atoms with E-state index in [0.717, 1.165) is 6.08 Å². The zero-order valence-corrected chi connectivity index (χ0v) is 10.3. The van der Waals surface area contributed by atoms with Crippen LogP contribution >= 0.6 is 0 Å². The van der Waals surface area contributed by atoms with Crippen LogP contribution in [-0.2, 0) is 14.3 Å². The van der Waals surface area contributed by atoms with Crippen LogP contribution in [0.3, 0.4) is 0 Å². The monoisotopic (exact) mass is 281 g/mol. The number of Topliss-reactive ketones (excluding diaryl/α,β-unsaturated/α-hetero) is 1. The number of hydrogen-bond acceptors (Lipinski definition) is 4. The summed E-state index contributed by atoms with van der Waals surface area (Å²) in [6.45, 7) is 0.0972. The van der Waals surface area contributed by atoms with Gasteiger partial charge in [-0.3, -0.25) is 9.59 Å². The molecule has 1 aliphatic carbocycles. The average molecular weight is 281 g/mol. The fourth-order valence-corrected chi connectivity index (χ4v) is 2.89. The van der Waals surface area contributed by atoms with Crippen LogP contribution in [0.4, 0.5) is 9.18 Å². The van der Waals surface area contributed by atoms with Crippen molar-refractivity contribution in [3.8, 4) is 0 Å². The number of fused-ring (bicyclic) bond motifs is 2. The van der Waals surface area contributed by atoms with Crippen molar-refractivity contribution in [1.29, 1.82) is 0 Å². The maximum Gasteiger partial charge on any atom is 0.315 e. The molecule has 3 unspecified atom stereocenters. The standard InChI is InChI=1S/C12H12FN3O4/c13-5-1-2-6-8(9(5)17)12(4-15-11(19)16-12)3-7(20-6)10(14)18/h1-2,7-8H,3-4H2,(H2,14,18)(H2,15,16,19). The minimum absolute atomic E-state index is 0.0160. The Morgan fingerprint density at radius 1 is 1.45 bits per heavy atom. The number of ether oxygens (including phenoxy) is 1. The summed E-state index contributed by atoms with van der Waals surface area (Å²) in [4.78, 5) is 34.8. The molecule has 8 heteroatoms. The van der Waals surface area contributed by atoms with Crippen LogP contribution in [0.25, 0.3) is 0 Å². The minimum Gasteiger partial charge on any atom is -0.484 e. The smallest absolute Gasteiger partial charge is 0.315 e. The van der Waals surface area contributed by atoms with Crippen LogP contribution in [0.5, 0.6) is 0 Å². The molecule has 2 fully saturated rings. The van der Waals surface area contributed by atoms with Crippen LogP contribution in [0, 0.1) is 5.92 Å². The van der Waals surface area contributed by atoms with Gasteiger partial charge in [0, 0.05) is 13.0 Å². The molecule has 2 aliphatic heterocycles. The zero-order chi connectivity index (χ0) is 14.5. The lowest BCUT2D eigenvalue weighted by atomic mass is 9.72. The first-order chi connectivity index (χ1) is 9.43. The van der Waals surface area contributed by atoms with Gasteiger partial charge in [-0.15, -0.1) is 0 Å². The third-order valence-corrected chi connectivity index (χ3v) is 3.80. The predicted molar refractivity (Wildman–Crippen MR) is 63.7 cm³/mol. The number of halogens is 1. The first-order valence-electron chi connectivity index (χ1n) is 6.06. The molecule has 3 rings (SSSR count). The SMILES string of the molecule is NC(=O)C1CC2(CNC(=O)N2)C2C(=O)C(F)=CC=C2O1. The number of carbonyl (C=O) groups is 3. The van der Waals surface area contributed by atoms with Gasteiger partial charge in [0.1, 0.15) is 11.7 Å². The summed E-state index contributed by atoms with van der Waals surface area (Å²) in [5.41, 5.74) is 4.14. The number of rotatable bonds is 1. The van der Waals surface area contributed by atoms with Crippen molar-refractivity contribution in [2.45, 2.75) is 18.1 Å². The van der Waals surface area contributed by atoms with Crippen molar-refractivity contribution in [3.05, 3.63) is 23.7 Å². The van der Waals surface area contributed by atoms with Gasteiger partial charge >= 0.3 is 6.03 Å². The Hall–Kier alpha value is -2.38. The predicted octanol–water partition coefficient (Wildman–Crippen LogP) is -0.752. The largest absolute Gasteiger partial charge is 0.484 e. The van der Waals surface area contributed by atoms with Crippen molar-refractivity contribution >= 4 is 17.7 Å². The summed E-state index contributed by atoms with van der Waals surface area (Å²) in [6.07, 6.45) is 1.32. The third kappa shape index (κ3) is 1.68. The number of primary amides is 1. The Balaban J connectivity index is 2.05. The number of nitrogens with two attached hydrogens (primary N) is 1. The molecule has 0 aromatic rings. The molecule has 20 heavy (non-hydrogen) atoms. The molecule has 4 N–H and O–H groups in total. The fraction of sp³-hybridized carbons (Fsp3) is 0.417. The summed E-state index contributed by atoms with van der Waals surface area (Å²) in [6, 6.07) is -0.475. The van der Waals surface area contributed by atoms with E-state index in [0.29, 0.717) is 0 Å². The van der Waals surface area contributed by atoms with Gasteiger partial charge in [0.2, 0.25) is 5.78 Å². The van der Waals surface area contributed by atoms with Gasteiger partial charge in [0.25, 0.3) is 5.91 Å². The Morgan fingerprint density at radius 2 is 2.20 bits per heavy atom. The molecule has 3 atom stereocenters. The number of hydrogen-bond donors (Lipinski definition) is 3. The first-order valence-corrected chi connectivity index (χ1v) is 6.06. The molecule has 0 bridgehead atoms. The van der Waals surface area contributed by atoms with Crippen LogP contribution < -0.4 is 16.4 Å². The van der Waals surface area contributed by atoms with Gasteiger partial charge in [0.15, 0.2) is 11.9 Å². The molecule has 0 aromatic carbocycles. The van der Waals surface area contributed by atoms with Gasteiger partial charge in [-0.25, -0.2) is 9.18 Å². The van der Waals surface area contributed by atoms with Gasteiger partial charge in [-0.2, -0.15) is 0 Å². The Kier molecular flexibility index (Phi) is 2.56. The topological polar surface area (TPSA) is 111 Å². The van der Waals surface area contributed by atoms with E-state index in [4.69, 9.17) is 10.5 Å². The second kappa shape index (κ2) is 4.06. The Labute approximate surface area is 113 Å². The zero-order valence-electron chi connectivity index (χ0n) is 10.3. The van der Waals surface area contributed by atoms with E-state index in [1.165, 1.54) is 6.08 Å². The van der Waals surface area contributed by atoms with E-state index in [9.17, 15) is 18.8 Å². The molecule has 2 saturated heterocycles. The number of carbonyl (C=O) groups excluding carboxylic acids is 3. The van der Waals surface area contributed by atoms with Crippen molar-refractivity contribution in [1.82, 2.24) is 10.6 Å². The van der Waals surface area contributed by atoms with Gasteiger partial charge in [-0.05, 0) is 12.2 Å². The van der Waals surface area contributed by atoms with E-state index in [1.807, 2.05) is 0 Å². The maximum atomic E-state index is 13.5. The molecule has 7 nitrogen and oxygen atoms in total. The Bertz CT molecular complexity index is 585. The summed E-state index contributed by atoms with van der Waals surface area (Å²) < 4.78 is 18.9. The van der Waals surface area contributed by atoms with Crippen LogP contribution in [0.2, 0.25) is 0 Å². The van der Waals surface area contributed by atoms with Gasteiger partial charge in [-0.1, -0.05) is 0 Å². The lowest BCUT2D eigenvalue weighted by Crippen LogP contribution is -2.61. The minimum atomic E-state index is -1.09. The lowest BCUT2D eigenvalue weighted by molar-refractivity contribution is -0.138. The highest BCUT2D eigenvalue weighted by atomic mass is 19.1. The summed E-state index contributed by atoms with van der Waals surface area (Å²) in [5, 5.41) is 5.14. The molecule has 3 aliphatic rings. The normalized spacial score (nSPS) is 35.5. The number of allylic oxidation sites excluding steroid dienone is 3. The molecule has 106 valence electrons. The molecule has 2 heterocycles. The maximum absolute atomic E-state index is 13.5. The van der Waals surface area contributed by atoms with E-state index in [2.05, 4.69) is 10.6 Å². The number of ketones is 1. The number of urea groups is 1. The fourth-order valence-electron chi connectivity index (χ4n) is 2.89. The Morgan fingerprint density at radius 3 is 2.80 bits per heavy atom. The van der Waals surface area contributed by atoms with E-state index in [-0.39, 0.29) is 18.7 Å². The molecule has 1 spiro atoms. The van der Waals surface area contributed by atoms with Gasteiger partial charge in [0.05, 0.1) is 5.54 Å². The lowest BCUT2D eigenvalue weighted by Gasteiger charge is -2.43. The number of amides is 3.